The Morgan fingerprint density at radius 3 is 1.78 bits per heavy atom. The van der Waals surface area contributed by atoms with Crippen LogP contribution in [0.25, 0.3) is 0 Å². The molecule has 1 heterocycles. The number of unbranched alkanes of at least 4 members (excludes halogenated alkanes) is 3. The highest BCUT2D eigenvalue weighted by atomic mass is 32.2. The van der Waals surface area contributed by atoms with Crippen LogP contribution in [-0.2, 0) is 61.4 Å². The summed E-state index contributed by atoms with van der Waals surface area (Å²) in [6, 6.07) is 8.17. The fourth-order valence-corrected chi connectivity index (χ4v) is 9.89. The summed E-state index contributed by atoms with van der Waals surface area (Å²) in [5, 5.41) is 0. The van der Waals surface area contributed by atoms with Gasteiger partial charge in [0, 0.05) is 28.8 Å². The maximum Gasteiger partial charge on any atom is 0.294 e. The van der Waals surface area contributed by atoms with Gasteiger partial charge < -0.3 is 4.90 Å². The van der Waals surface area contributed by atoms with Crippen molar-refractivity contribution in [2.45, 2.75) is 92.8 Å². The molecule has 0 aromatic heterocycles. The van der Waals surface area contributed by atoms with Gasteiger partial charge in [0.05, 0.1) is 27.0 Å². The minimum absolute atomic E-state index is 0.0747. The van der Waals surface area contributed by atoms with Crippen LogP contribution < -0.4 is 4.90 Å². The van der Waals surface area contributed by atoms with Crippen molar-refractivity contribution in [3.63, 3.8) is 0 Å². The third kappa shape index (κ3) is 13.9. The summed E-state index contributed by atoms with van der Waals surface area (Å²) in [5.41, 5.74) is 1.34. The summed E-state index contributed by atoms with van der Waals surface area (Å²) in [4.78, 5) is 1.13. The fraction of sp³-hybridized carbons (Fsp3) is 0.459. The first-order valence-electron chi connectivity index (χ1n) is 18.1. The molecule has 1 aliphatic heterocycles. The van der Waals surface area contributed by atoms with Crippen molar-refractivity contribution in [3.05, 3.63) is 101 Å². The number of benzene rings is 2. The third-order valence-corrected chi connectivity index (χ3v) is 14.4. The van der Waals surface area contributed by atoms with E-state index >= 15 is 0 Å². The molecule has 0 saturated heterocycles. The second-order valence-electron chi connectivity index (χ2n) is 14.7. The zero-order chi connectivity index (χ0) is 44.0. The monoisotopic (exact) mass is 909 g/mol. The SMILES string of the molecule is C=C(/C=C/C=C/C=C1/N(CCCCS(=O)(=O)O)c2ccc(S(=O)(=O)O)cc2C1(C)CCCCS(=O)(=O)O)C(C)(CCCCS(=O)(=O)O)c1cc(S(=O)(=O)O)ccc1C. The predicted molar refractivity (Wildman–Crippen MR) is 221 cm³/mol. The van der Waals surface area contributed by atoms with E-state index in [-0.39, 0.29) is 61.3 Å². The van der Waals surface area contributed by atoms with Crippen LogP contribution in [0.2, 0.25) is 0 Å². The zero-order valence-corrected chi connectivity index (χ0v) is 36.4. The number of hydrogen-bond donors (Lipinski definition) is 5. The van der Waals surface area contributed by atoms with E-state index in [1.165, 1.54) is 36.4 Å². The molecule has 2 unspecified atom stereocenters. The number of aryl methyl sites for hydroxylation is 1. The Kier molecular flexibility index (Phi) is 16.1. The molecule has 21 heteroatoms. The van der Waals surface area contributed by atoms with Crippen LogP contribution >= 0.6 is 0 Å². The van der Waals surface area contributed by atoms with Gasteiger partial charge in [-0.3, -0.25) is 22.8 Å². The van der Waals surface area contributed by atoms with Crippen molar-refractivity contribution in [2.24, 2.45) is 0 Å². The number of nitrogens with zero attached hydrogens (tertiary/aromatic N) is 1. The molecule has 0 saturated carbocycles. The van der Waals surface area contributed by atoms with Gasteiger partial charge in [0.25, 0.3) is 50.6 Å². The molecule has 3 rings (SSSR count). The number of allylic oxidation sites excluding steroid dienone is 7. The van der Waals surface area contributed by atoms with Crippen LogP contribution in [0.5, 0.6) is 0 Å². The Morgan fingerprint density at radius 2 is 1.22 bits per heavy atom. The zero-order valence-electron chi connectivity index (χ0n) is 32.4. The number of anilines is 1. The van der Waals surface area contributed by atoms with E-state index in [9.17, 15) is 64.9 Å². The average Bonchev–Trinajstić information content (AvgIpc) is 3.31. The maximum absolute atomic E-state index is 12.2. The molecule has 324 valence electrons. The summed E-state index contributed by atoms with van der Waals surface area (Å²) in [5.74, 6) is -1.48. The molecule has 2 aromatic carbocycles. The molecule has 0 spiro atoms. The van der Waals surface area contributed by atoms with E-state index in [2.05, 4.69) is 6.58 Å². The standard InChI is InChI=1S/C37H51NO15S5/c1-28-16-17-30(57(48,49)50)26-32(28)36(3,20-8-11-23-54(39,40)41)29(2)14-6-5-7-15-35-37(4,21-9-12-24-55(42,43)44)33-27-31(58(51,52)53)18-19-34(33)38(35)22-10-13-25-56(45,46)47/h5-7,14-19,26-27H,2,8-13,20-25H2,1,3-4H3,(H,39,40,41)(H,42,43,44)(H,45,46,47)(H,48,49,50)(H,51,52,53)/b7-5+,14-6+,35-15+. The van der Waals surface area contributed by atoms with Gasteiger partial charge in [-0.25, -0.2) is 0 Å². The lowest BCUT2D eigenvalue weighted by atomic mass is 9.71. The molecule has 2 aromatic rings. The molecule has 16 nitrogen and oxygen atoms in total. The van der Waals surface area contributed by atoms with Crippen molar-refractivity contribution in [3.8, 4) is 0 Å². The summed E-state index contributed by atoms with van der Waals surface area (Å²) in [6.07, 6.45) is 10.0. The molecular formula is C37H51NO15S5. The highest BCUT2D eigenvalue weighted by Gasteiger charge is 2.43. The first-order valence-corrected chi connectivity index (χ1v) is 25.8. The summed E-state index contributed by atoms with van der Waals surface area (Å²) >= 11 is 0. The van der Waals surface area contributed by atoms with E-state index < -0.39 is 78.7 Å². The summed E-state index contributed by atoms with van der Waals surface area (Å²) in [7, 11) is -21.9. The third-order valence-electron chi connectivity index (χ3n) is 10.3. The Bertz CT molecular complexity index is 2510. The van der Waals surface area contributed by atoms with Gasteiger partial charge >= 0.3 is 0 Å². The van der Waals surface area contributed by atoms with Crippen molar-refractivity contribution in [2.75, 3.05) is 28.7 Å². The minimum atomic E-state index is -4.64. The number of hydrogen-bond acceptors (Lipinski definition) is 11. The lowest BCUT2D eigenvalue weighted by molar-refractivity contribution is 0.464. The average molecular weight is 910 g/mol. The van der Waals surface area contributed by atoms with Crippen molar-refractivity contribution in [1.82, 2.24) is 0 Å². The number of fused-ring (bicyclic) bond motifs is 1. The van der Waals surface area contributed by atoms with Gasteiger partial charge in [0.2, 0.25) is 0 Å². The number of rotatable bonds is 22. The Balaban J connectivity index is 2.08. The maximum atomic E-state index is 12.2. The molecular weight excluding hydrogens is 859 g/mol. The normalized spacial score (nSPS) is 18.6. The van der Waals surface area contributed by atoms with Gasteiger partial charge in [-0.05, 0) is 111 Å². The van der Waals surface area contributed by atoms with Crippen LogP contribution in [0, 0.1) is 6.92 Å². The molecule has 5 N–H and O–H groups in total. The first-order chi connectivity index (χ1) is 26.5. The van der Waals surface area contributed by atoms with Gasteiger partial charge in [0.1, 0.15) is 0 Å². The Labute approximate surface area is 342 Å². The van der Waals surface area contributed by atoms with E-state index in [1.54, 1.807) is 51.2 Å². The fourth-order valence-electron chi connectivity index (χ4n) is 7.17. The predicted octanol–water partition coefficient (Wildman–Crippen LogP) is 5.86. The molecule has 58 heavy (non-hydrogen) atoms. The lowest BCUT2D eigenvalue weighted by Gasteiger charge is -2.33. The van der Waals surface area contributed by atoms with Gasteiger partial charge in [-0.1, -0.05) is 56.7 Å². The molecule has 0 bridgehead atoms. The van der Waals surface area contributed by atoms with Crippen LogP contribution in [0.15, 0.2) is 94.4 Å². The highest BCUT2D eigenvalue weighted by molar-refractivity contribution is 7.86. The first kappa shape index (κ1) is 49.1. The summed E-state index contributed by atoms with van der Waals surface area (Å²) < 4.78 is 164. The van der Waals surface area contributed by atoms with Gasteiger partial charge in [-0.2, -0.15) is 42.1 Å². The van der Waals surface area contributed by atoms with E-state index in [0.29, 0.717) is 40.1 Å². The van der Waals surface area contributed by atoms with E-state index in [4.69, 9.17) is 0 Å². The van der Waals surface area contributed by atoms with Crippen molar-refractivity contribution in [1.29, 1.82) is 0 Å². The van der Waals surface area contributed by atoms with Gasteiger partial charge in [-0.15, -0.1) is 0 Å². The molecule has 0 aliphatic carbocycles. The molecule has 1 aliphatic rings. The molecule has 2 atom stereocenters. The molecule has 0 fully saturated rings. The Morgan fingerprint density at radius 1 is 0.707 bits per heavy atom. The van der Waals surface area contributed by atoms with Crippen molar-refractivity contribution >= 4 is 56.3 Å². The van der Waals surface area contributed by atoms with Crippen LogP contribution in [0.1, 0.15) is 81.9 Å². The van der Waals surface area contributed by atoms with Crippen molar-refractivity contribution < 1.29 is 64.9 Å². The topological polar surface area (TPSA) is 275 Å². The minimum Gasteiger partial charge on any atom is -0.344 e. The molecule has 0 radical (unpaired) electrons. The van der Waals surface area contributed by atoms with Crippen LogP contribution in [0.4, 0.5) is 5.69 Å². The van der Waals surface area contributed by atoms with Crippen LogP contribution in [-0.4, -0.2) is 88.7 Å². The smallest absolute Gasteiger partial charge is 0.294 e. The van der Waals surface area contributed by atoms with Gasteiger partial charge in [0.15, 0.2) is 0 Å². The summed E-state index contributed by atoms with van der Waals surface area (Å²) in [6.45, 7) is 9.79. The largest absolute Gasteiger partial charge is 0.344 e. The van der Waals surface area contributed by atoms with E-state index in [0.717, 1.165) is 0 Å². The Hall–Kier alpha value is -3.25. The second-order valence-corrected chi connectivity index (χ2v) is 22.3. The second kappa shape index (κ2) is 19.0. The lowest BCUT2D eigenvalue weighted by Crippen LogP contribution is -2.29. The van der Waals surface area contributed by atoms with E-state index in [1.807, 2.05) is 4.90 Å². The van der Waals surface area contributed by atoms with Crippen LogP contribution in [0.3, 0.4) is 0 Å². The molecule has 0 amide bonds. The highest BCUT2D eigenvalue weighted by Crippen LogP contribution is 2.51. The quantitative estimate of drug-likeness (QED) is 0.0526.